The van der Waals surface area contributed by atoms with E-state index in [0.717, 1.165) is 11.0 Å². The molecule has 0 amide bonds. The molecule has 0 aliphatic heterocycles. The fourth-order valence-corrected chi connectivity index (χ4v) is 1.75. The second kappa shape index (κ2) is 5.22. The van der Waals surface area contributed by atoms with Crippen molar-refractivity contribution in [1.82, 2.24) is 14.5 Å². The molecular formula is C11H15N3O3. The largest absolute Gasteiger partial charge is 0.394 e. The first-order valence-corrected chi connectivity index (χ1v) is 5.45. The summed E-state index contributed by atoms with van der Waals surface area (Å²) in [5.74, 6) is 0. The minimum atomic E-state index is -0.981. The minimum absolute atomic E-state index is 0.363. The lowest BCUT2D eigenvalue weighted by Crippen LogP contribution is -2.29. The summed E-state index contributed by atoms with van der Waals surface area (Å²) in [7, 11) is 0. The van der Waals surface area contributed by atoms with Gasteiger partial charge in [0.1, 0.15) is 12.4 Å². The Morgan fingerprint density at radius 3 is 3.06 bits per heavy atom. The van der Waals surface area contributed by atoms with Gasteiger partial charge in [-0.25, -0.2) is 9.97 Å². The van der Waals surface area contributed by atoms with Crippen molar-refractivity contribution in [1.29, 1.82) is 0 Å². The van der Waals surface area contributed by atoms with Gasteiger partial charge in [0.05, 0.1) is 23.8 Å². The average molecular weight is 237 g/mol. The normalized spacial score (nSPS) is 15.0. The van der Waals surface area contributed by atoms with Gasteiger partial charge in [0.2, 0.25) is 0 Å². The highest BCUT2D eigenvalue weighted by molar-refractivity contribution is 5.74. The zero-order valence-electron chi connectivity index (χ0n) is 9.52. The zero-order chi connectivity index (χ0) is 12.3. The first-order valence-electron chi connectivity index (χ1n) is 5.45. The maximum absolute atomic E-state index is 9.74. The second-order valence-corrected chi connectivity index (χ2v) is 3.61. The van der Waals surface area contributed by atoms with E-state index in [1.54, 1.807) is 17.0 Å². The summed E-state index contributed by atoms with van der Waals surface area (Å²) in [4.78, 5) is 8.04. The Morgan fingerprint density at radius 2 is 2.35 bits per heavy atom. The lowest BCUT2D eigenvalue weighted by Gasteiger charge is -2.23. The van der Waals surface area contributed by atoms with Gasteiger partial charge in [0.15, 0.2) is 6.23 Å². The standard InChI is InChI=1S/C11H15N3O3/c1-2-17-11(10(16)6-15)14-4-3-8-9(14)5-12-7-13-8/h3-5,7,10-11,15-16H,2,6H2,1H3. The number of aliphatic hydroxyl groups excluding tert-OH is 2. The van der Waals surface area contributed by atoms with Crippen LogP contribution in [-0.2, 0) is 4.74 Å². The Hall–Kier alpha value is -1.50. The lowest BCUT2D eigenvalue weighted by molar-refractivity contribution is -0.0919. The maximum atomic E-state index is 9.74. The highest BCUT2D eigenvalue weighted by atomic mass is 16.5. The summed E-state index contributed by atoms with van der Waals surface area (Å²) in [6, 6.07) is 1.81. The average Bonchev–Trinajstić information content (AvgIpc) is 2.79. The molecule has 2 atom stereocenters. The van der Waals surface area contributed by atoms with Crippen LogP contribution in [0.4, 0.5) is 0 Å². The topological polar surface area (TPSA) is 80.4 Å². The van der Waals surface area contributed by atoms with Gasteiger partial charge >= 0.3 is 0 Å². The van der Waals surface area contributed by atoms with Gasteiger partial charge in [-0.3, -0.25) is 0 Å². The Labute approximate surface area is 98.5 Å². The third-order valence-corrected chi connectivity index (χ3v) is 2.52. The van der Waals surface area contributed by atoms with E-state index in [0.29, 0.717) is 6.61 Å². The van der Waals surface area contributed by atoms with Crippen LogP contribution < -0.4 is 0 Å². The van der Waals surface area contributed by atoms with E-state index in [9.17, 15) is 5.11 Å². The number of nitrogens with zero attached hydrogens (tertiary/aromatic N) is 3. The number of rotatable bonds is 5. The highest BCUT2D eigenvalue weighted by Crippen LogP contribution is 2.21. The third kappa shape index (κ3) is 2.28. The Bertz CT molecular complexity index is 486. The van der Waals surface area contributed by atoms with Crippen molar-refractivity contribution in [2.75, 3.05) is 13.2 Å². The van der Waals surface area contributed by atoms with Crippen LogP contribution in [0.5, 0.6) is 0 Å². The molecule has 0 aliphatic rings. The van der Waals surface area contributed by atoms with Crippen molar-refractivity contribution in [2.24, 2.45) is 0 Å². The van der Waals surface area contributed by atoms with Gasteiger partial charge in [-0.2, -0.15) is 0 Å². The smallest absolute Gasteiger partial charge is 0.162 e. The van der Waals surface area contributed by atoms with E-state index in [4.69, 9.17) is 9.84 Å². The monoisotopic (exact) mass is 237 g/mol. The molecule has 0 fully saturated rings. The molecule has 0 radical (unpaired) electrons. The molecule has 0 bridgehead atoms. The molecule has 0 spiro atoms. The third-order valence-electron chi connectivity index (χ3n) is 2.52. The van der Waals surface area contributed by atoms with Crippen LogP contribution in [0.3, 0.4) is 0 Å². The van der Waals surface area contributed by atoms with Gasteiger partial charge in [-0.05, 0) is 13.0 Å². The van der Waals surface area contributed by atoms with E-state index in [1.165, 1.54) is 6.33 Å². The molecular weight excluding hydrogens is 222 g/mol. The predicted molar refractivity (Wildman–Crippen MR) is 61.3 cm³/mol. The molecule has 2 heterocycles. The first-order chi connectivity index (χ1) is 8.27. The van der Waals surface area contributed by atoms with Gasteiger partial charge < -0.3 is 19.5 Å². The van der Waals surface area contributed by atoms with Crippen molar-refractivity contribution in [2.45, 2.75) is 19.3 Å². The van der Waals surface area contributed by atoms with Gasteiger partial charge in [0, 0.05) is 12.8 Å². The molecule has 92 valence electrons. The molecule has 0 aromatic carbocycles. The molecule has 2 N–H and O–H groups in total. The van der Waals surface area contributed by atoms with E-state index < -0.39 is 12.3 Å². The number of fused-ring (bicyclic) bond motifs is 1. The SMILES string of the molecule is CCOC(C(O)CO)n1ccc2ncncc21. The minimum Gasteiger partial charge on any atom is -0.394 e. The number of aliphatic hydroxyl groups is 2. The molecule has 6 heteroatoms. The zero-order valence-corrected chi connectivity index (χ0v) is 9.52. The van der Waals surface area contributed by atoms with E-state index in [2.05, 4.69) is 9.97 Å². The first kappa shape index (κ1) is 12.0. The van der Waals surface area contributed by atoms with E-state index in [-0.39, 0.29) is 6.61 Å². The van der Waals surface area contributed by atoms with Gasteiger partial charge in [0.25, 0.3) is 0 Å². The fourth-order valence-electron chi connectivity index (χ4n) is 1.75. The van der Waals surface area contributed by atoms with Crippen LogP contribution in [0.2, 0.25) is 0 Å². The summed E-state index contributed by atoms with van der Waals surface area (Å²) in [5.41, 5.74) is 1.54. The van der Waals surface area contributed by atoms with Crippen molar-refractivity contribution >= 4 is 11.0 Å². The molecule has 0 saturated heterocycles. The summed E-state index contributed by atoms with van der Waals surface area (Å²) in [5, 5.41) is 18.8. The molecule has 17 heavy (non-hydrogen) atoms. The number of aromatic nitrogens is 3. The number of hydrogen-bond acceptors (Lipinski definition) is 5. The highest BCUT2D eigenvalue weighted by Gasteiger charge is 2.21. The van der Waals surface area contributed by atoms with Crippen LogP contribution >= 0.6 is 0 Å². The summed E-state index contributed by atoms with van der Waals surface area (Å²) in [6.45, 7) is 1.91. The van der Waals surface area contributed by atoms with Crippen LogP contribution in [0, 0.1) is 0 Å². The molecule has 2 aromatic heterocycles. The van der Waals surface area contributed by atoms with Crippen LogP contribution in [-0.4, -0.2) is 44.1 Å². The van der Waals surface area contributed by atoms with Crippen molar-refractivity contribution in [3.63, 3.8) is 0 Å². The van der Waals surface area contributed by atoms with E-state index >= 15 is 0 Å². The second-order valence-electron chi connectivity index (χ2n) is 3.61. The summed E-state index contributed by atoms with van der Waals surface area (Å²) < 4.78 is 7.17. The molecule has 0 aliphatic carbocycles. The number of hydrogen-bond donors (Lipinski definition) is 2. The van der Waals surface area contributed by atoms with Crippen molar-refractivity contribution < 1.29 is 14.9 Å². The molecule has 2 rings (SSSR count). The van der Waals surface area contributed by atoms with E-state index in [1.807, 2.05) is 13.0 Å². The summed E-state index contributed by atoms with van der Waals surface area (Å²) in [6.07, 6.45) is 3.27. The molecule has 6 nitrogen and oxygen atoms in total. The Balaban J connectivity index is 2.41. The Kier molecular flexibility index (Phi) is 3.68. The Morgan fingerprint density at radius 1 is 1.53 bits per heavy atom. The quantitative estimate of drug-likeness (QED) is 0.782. The molecule has 2 aromatic rings. The van der Waals surface area contributed by atoms with Crippen molar-refractivity contribution in [3.05, 3.63) is 24.8 Å². The van der Waals surface area contributed by atoms with Crippen molar-refractivity contribution in [3.8, 4) is 0 Å². The maximum Gasteiger partial charge on any atom is 0.162 e. The van der Waals surface area contributed by atoms with Crippen LogP contribution in [0.25, 0.3) is 11.0 Å². The van der Waals surface area contributed by atoms with Gasteiger partial charge in [-0.15, -0.1) is 0 Å². The lowest BCUT2D eigenvalue weighted by atomic mass is 10.3. The van der Waals surface area contributed by atoms with Crippen LogP contribution in [0.1, 0.15) is 13.2 Å². The molecule has 0 saturated carbocycles. The predicted octanol–water partition coefficient (Wildman–Crippen LogP) is 0.320. The number of ether oxygens (including phenoxy) is 1. The molecule has 2 unspecified atom stereocenters. The van der Waals surface area contributed by atoms with Gasteiger partial charge in [-0.1, -0.05) is 0 Å². The fraction of sp³-hybridized carbons (Fsp3) is 0.455. The van der Waals surface area contributed by atoms with Crippen LogP contribution in [0.15, 0.2) is 24.8 Å². The summed E-state index contributed by atoms with van der Waals surface area (Å²) >= 11 is 0.